The first kappa shape index (κ1) is 11.1. The van der Waals surface area contributed by atoms with Gasteiger partial charge in [0, 0.05) is 23.7 Å². The predicted molar refractivity (Wildman–Crippen MR) is 45.6 cm³/mol. The molecule has 0 unspecified atom stereocenters. The van der Waals surface area contributed by atoms with Gasteiger partial charge in [0.25, 0.3) is 0 Å². The molecule has 2 nitrogen and oxygen atoms in total. The summed E-state index contributed by atoms with van der Waals surface area (Å²) in [5.74, 6) is -0.256. The monoisotopic (exact) mass is 207 g/mol. The molecular formula is C9H12F3NO. The first-order valence-corrected chi connectivity index (χ1v) is 4.26. The molecule has 0 atom stereocenters. The average molecular weight is 207 g/mol. The predicted octanol–water partition coefficient (Wildman–Crippen LogP) is 2.16. The van der Waals surface area contributed by atoms with E-state index in [1.807, 2.05) is 0 Å². The van der Waals surface area contributed by atoms with Crippen LogP contribution in [0.15, 0.2) is 11.8 Å². The Hall–Kier alpha value is -1.00. The molecule has 80 valence electrons. The molecule has 0 aliphatic carbocycles. The van der Waals surface area contributed by atoms with Gasteiger partial charge >= 0.3 is 6.18 Å². The van der Waals surface area contributed by atoms with Gasteiger partial charge in [-0.1, -0.05) is 0 Å². The number of ketones is 1. The number of carbonyl (C=O) groups excluding carboxylic acids is 1. The van der Waals surface area contributed by atoms with Gasteiger partial charge in [0.15, 0.2) is 5.78 Å². The molecule has 1 rings (SSSR count). The van der Waals surface area contributed by atoms with Crippen LogP contribution in [0.4, 0.5) is 13.2 Å². The second-order valence-electron chi connectivity index (χ2n) is 4.11. The Morgan fingerprint density at radius 2 is 2.07 bits per heavy atom. The lowest BCUT2D eigenvalue weighted by Gasteiger charge is -2.32. The molecule has 1 heterocycles. The summed E-state index contributed by atoms with van der Waals surface area (Å²) in [6.45, 7) is 3.41. The summed E-state index contributed by atoms with van der Waals surface area (Å²) in [6, 6.07) is 0. The van der Waals surface area contributed by atoms with Crippen molar-refractivity contribution in [3.63, 3.8) is 0 Å². The van der Waals surface area contributed by atoms with Crippen molar-refractivity contribution in [3.05, 3.63) is 11.8 Å². The molecule has 1 aliphatic heterocycles. The molecule has 0 fully saturated rings. The van der Waals surface area contributed by atoms with Crippen LogP contribution >= 0.6 is 0 Å². The number of allylic oxidation sites excluding steroid dienone is 2. The lowest BCUT2D eigenvalue weighted by atomic mass is 9.92. The molecule has 1 N–H and O–H groups in total. The van der Waals surface area contributed by atoms with Crippen molar-refractivity contribution in [2.75, 3.05) is 0 Å². The standard InChI is InChI=1S/C9H12F3NO/c1-8(2)5-7(14)3-6(13-8)4-9(10,11)12/h3,13H,4-5H2,1-2H3. The van der Waals surface area contributed by atoms with E-state index < -0.39 is 18.1 Å². The average Bonchev–Trinajstić information content (AvgIpc) is 1.74. The van der Waals surface area contributed by atoms with Gasteiger partial charge in [-0.3, -0.25) is 4.79 Å². The van der Waals surface area contributed by atoms with Gasteiger partial charge in [0.05, 0.1) is 6.42 Å². The third-order valence-electron chi connectivity index (χ3n) is 1.84. The van der Waals surface area contributed by atoms with Crippen molar-refractivity contribution < 1.29 is 18.0 Å². The van der Waals surface area contributed by atoms with Crippen LogP contribution in [-0.4, -0.2) is 17.5 Å². The van der Waals surface area contributed by atoms with E-state index in [9.17, 15) is 18.0 Å². The first-order valence-electron chi connectivity index (χ1n) is 4.26. The molecule has 0 saturated heterocycles. The summed E-state index contributed by atoms with van der Waals surface area (Å²) in [5, 5.41) is 2.70. The summed E-state index contributed by atoms with van der Waals surface area (Å²) >= 11 is 0. The Labute approximate surface area is 80.2 Å². The van der Waals surface area contributed by atoms with Crippen LogP contribution in [0.5, 0.6) is 0 Å². The highest BCUT2D eigenvalue weighted by Crippen LogP contribution is 2.27. The first-order chi connectivity index (χ1) is 6.18. The molecule has 1 aliphatic rings. The van der Waals surface area contributed by atoms with Crippen LogP contribution < -0.4 is 5.32 Å². The van der Waals surface area contributed by atoms with Gasteiger partial charge in [0.1, 0.15) is 0 Å². The lowest BCUT2D eigenvalue weighted by Crippen LogP contribution is -2.44. The van der Waals surface area contributed by atoms with Crippen LogP contribution in [0.2, 0.25) is 0 Å². The lowest BCUT2D eigenvalue weighted by molar-refractivity contribution is -0.129. The summed E-state index contributed by atoms with van der Waals surface area (Å²) in [7, 11) is 0. The Balaban J connectivity index is 2.75. The van der Waals surface area contributed by atoms with E-state index in [2.05, 4.69) is 5.32 Å². The van der Waals surface area contributed by atoms with Crippen LogP contribution in [0.25, 0.3) is 0 Å². The fraction of sp³-hybridized carbons (Fsp3) is 0.667. The van der Waals surface area contributed by atoms with Crippen molar-refractivity contribution in [3.8, 4) is 0 Å². The minimum Gasteiger partial charge on any atom is -0.383 e. The fourth-order valence-electron chi connectivity index (χ4n) is 1.51. The Bertz CT molecular complexity index is 278. The van der Waals surface area contributed by atoms with Crippen molar-refractivity contribution in [1.29, 1.82) is 0 Å². The zero-order valence-corrected chi connectivity index (χ0v) is 8.03. The summed E-state index contributed by atoms with van der Waals surface area (Å²) in [5.41, 5.74) is -0.620. The van der Waals surface area contributed by atoms with Crippen molar-refractivity contribution in [2.24, 2.45) is 0 Å². The maximum atomic E-state index is 12.0. The minimum atomic E-state index is -4.27. The van der Waals surface area contributed by atoms with Gasteiger partial charge in [-0.15, -0.1) is 0 Å². The van der Waals surface area contributed by atoms with Crippen molar-refractivity contribution in [1.82, 2.24) is 5.32 Å². The number of alkyl halides is 3. The molecule has 0 bridgehead atoms. The van der Waals surface area contributed by atoms with E-state index in [4.69, 9.17) is 0 Å². The van der Waals surface area contributed by atoms with Crippen molar-refractivity contribution in [2.45, 2.75) is 38.4 Å². The summed E-state index contributed by atoms with van der Waals surface area (Å²) < 4.78 is 36.1. The molecular weight excluding hydrogens is 195 g/mol. The number of rotatable bonds is 1. The topological polar surface area (TPSA) is 29.1 Å². The number of nitrogens with one attached hydrogen (secondary N) is 1. The van der Waals surface area contributed by atoms with E-state index >= 15 is 0 Å². The molecule has 14 heavy (non-hydrogen) atoms. The van der Waals surface area contributed by atoms with Gasteiger partial charge < -0.3 is 5.32 Å². The highest BCUT2D eigenvalue weighted by Gasteiger charge is 2.34. The zero-order valence-electron chi connectivity index (χ0n) is 8.03. The summed E-state index contributed by atoms with van der Waals surface area (Å²) in [4.78, 5) is 11.1. The third kappa shape index (κ3) is 3.40. The van der Waals surface area contributed by atoms with E-state index in [1.54, 1.807) is 13.8 Å². The van der Waals surface area contributed by atoms with E-state index in [0.29, 0.717) is 0 Å². The normalized spacial score (nSPS) is 21.5. The fourth-order valence-corrected chi connectivity index (χ4v) is 1.51. The van der Waals surface area contributed by atoms with Gasteiger partial charge in [-0.2, -0.15) is 13.2 Å². The molecule has 0 aromatic carbocycles. The molecule has 5 heteroatoms. The molecule has 0 aromatic rings. The SMILES string of the molecule is CC1(C)CC(=O)C=C(CC(F)(F)F)N1. The quantitative estimate of drug-likeness (QED) is 0.713. The minimum absolute atomic E-state index is 0.0428. The van der Waals surface area contributed by atoms with Crippen LogP contribution in [-0.2, 0) is 4.79 Å². The number of hydrogen-bond donors (Lipinski definition) is 1. The van der Waals surface area contributed by atoms with E-state index in [-0.39, 0.29) is 17.9 Å². The van der Waals surface area contributed by atoms with Gasteiger partial charge in [0.2, 0.25) is 0 Å². The van der Waals surface area contributed by atoms with Crippen molar-refractivity contribution >= 4 is 5.78 Å². The second-order valence-corrected chi connectivity index (χ2v) is 4.11. The third-order valence-corrected chi connectivity index (χ3v) is 1.84. The van der Waals surface area contributed by atoms with Crippen LogP contribution in [0.1, 0.15) is 26.7 Å². The Morgan fingerprint density at radius 3 is 2.50 bits per heavy atom. The smallest absolute Gasteiger partial charge is 0.383 e. The largest absolute Gasteiger partial charge is 0.394 e. The number of hydrogen-bond acceptors (Lipinski definition) is 2. The Morgan fingerprint density at radius 1 is 1.50 bits per heavy atom. The molecule has 0 saturated carbocycles. The molecule has 0 spiro atoms. The Kier molecular flexibility index (Phi) is 2.61. The zero-order chi connectivity index (χ0) is 11.0. The molecule has 0 amide bonds. The number of carbonyl (C=O) groups is 1. The highest BCUT2D eigenvalue weighted by molar-refractivity contribution is 5.92. The molecule has 0 radical (unpaired) electrons. The van der Waals surface area contributed by atoms with Gasteiger partial charge in [-0.05, 0) is 13.8 Å². The number of halogens is 3. The summed E-state index contributed by atoms with van der Waals surface area (Å²) in [6.07, 6.45) is -4.07. The maximum Gasteiger partial charge on any atom is 0.394 e. The van der Waals surface area contributed by atoms with E-state index in [1.165, 1.54) is 0 Å². The van der Waals surface area contributed by atoms with Crippen LogP contribution in [0.3, 0.4) is 0 Å². The van der Waals surface area contributed by atoms with E-state index in [0.717, 1.165) is 6.08 Å². The maximum absolute atomic E-state index is 12.0. The second kappa shape index (κ2) is 3.29. The molecule has 0 aromatic heterocycles. The van der Waals surface area contributed by atoms with Crippen LogP contribution in [0, 0.1) is 0 Å². The van der Waals surface area contributed by atoms with Gasteiger partial charge in [-0.25, -0.2) is 0 Å². The highest BCUT2D eigenvalue weighted by atomic mass is 19.4.